The van der Waals surface area contributed by atoms with Gasteiger partial charge in [0.2, 0.25) is 0 Å². The van der Waals surface area contributed by atoms with Gasteiger partial charge in [0.1, 0.15) is 6.61 Å². The van der Waals surface area contributed by atoms with E-state index in [9.17, 15) is 4.79 Å². The zero-order chi connectivity index (χ0) is 15.2. The average Bonchev–Trinajstić information content (AvgIpc) is 2.46. The minimum absolute atomic E-state index is 0.204. The molecule has 0 radical (unpaired) electrons. The SMILES string of the molecule is Cc1cncc(NC(=O)c2ccc(C)c(C#CCO)c2)c1. The van der Waals surface area contributed by atoms with E-state index in [1.807, 2.05) is 26.0 Å². The van der Waals surface area contributed by atoms with E-state index in [-0.39, 0.29) is 12.5 Å². The normalized spacial score (nSPS) is 9.67. The molecule has 21 heavy (non-hydrogen) atoms. The van der Waals surface area contributed by atoms with Crippen LogP contribution in [0.1, 0.15) is 27.0 Å². The van der Waals surface area contributed by atoms with Crippen LogP contribution in [0.15, 0.2) is 36.7 Å². The Morgan fingerprint density at radius 1 is 1.29 bits per heavy atom. The van der Waals surface area contributed by atoms with Crippen molar-refractivity contribution in [3.8, 4) is 11.8 Å². The molecule has 106 valence electrons. The van der Waals surface area contributed by atoms with Gasteiger partial charge in [0.05, 0.1) is 11.9 Å². The zero-order valence-electron chi connectivity index (χ0n) is 12.0. The highest BCUT2D eigenvalue weighted by molar-refractivity contribution is 6.04. The zero-order valence-corrected chi connectivity index (χ0v) is 12.0. The predicted molar refractivity (Wildman–Crippen MR) is 82.1 cm³/mol. The molecule has 0 saturated heterocycles. The summed E-state index contributed by atoms with van der Waals surface area (Å²) in [6.45, 7) is 3.62. The number of carbonyl (C=O) groups is 1. The predicted octanol–water partition coefficient (Wildman–Crippen LogP) is 2.29. The number of aromatic nitrogens is 1. The molecule has 0 atom stereocenters. The van der Waals surface area contributed by atoms with Crippen molar-refractivity contribution in [3.63, 3.8) is 0 Å². The number of hydrogen-bond donors (Lipinski definition) is 2. The smallest absolute Gasteiger partial charge is 0.255 e. The van der Waals surface area contributed by atoms with Crippen molar-refractivity contribution >= 4 is 11.6 Å². The Morgan fingerprint density at radius 3 is 2.81 bits per heavy atom. The number of aliphatic hydroxyl groups excluding tert-OH is 1. The molecule has 0 bridgehead atoms. The van der Waals surface area contributed by atoms with E-state index in [4.69, 9.17) is 5.11 Å². The van der Waals surface area contributed by atoms with Crippen LogP contribution in [-0.4, -0.2) is 22.6 Å². The lowest BCUT2D eigenvalue weighted by Crippen LogP contribution is -2.12. The van der Waals surface area contributed by atoms with Crippen molar-refractivity contribution in [3.05, 3.63) is 58.9 Å². The van der Waals surface area contributed by atoms with E-state index in [2.05, 4.69) is 22.1 Å². The number of amides is 1. The van der Waals surface area contributed by atoms with Crippen LogP contribution in [0, 0.1) is 25.7 Å². The molecule has 4 nitrogen and oxygen atoms in total. The van der Waals surface area contributed by atoms with E-state index < -0.39 is 0 Å². The first-order valence-electron chi connectivity index (χ1n) is 6.53. The second kappa shape index (κ2) is 6.69. The van der Waals surface area contributed by atoms with Crippen LogP contribution in [0.25, 0.3) is 0 Å². The monoisotopic (exact) mass is 280 g/mol. The molecule has 0 saturated carbocycles. The number of pyridine rings is 1. The Bertz CT molecular complexity index is 727. The number of anilines is 1. The Kier molecular flexibility index (Phi) is 4.70. The fraction of sp³-hybridized carbons (Fsp3) is 0.176. The first kappa shape index (κ1) is 14.8. The summed E-state index contributed by atoms with van der Waals surface area (Å²) in [5, 5.41) is 11.6. The van der Waals surface area contributed by atoms with Crippen LogP contribution in [0.3, 0.4) is 0 Å². The molecule has 0 aliphatic rings. The number of benzene rings is 1. The van der Waals surface area contributed by atoms with Gasteiger partial charge in [0, 0.05) is 17.3 Å². The molecule has 2 N–H and O–H groups in total. The molecule has 1 amide bonds. The largest absolute Gasteiger partial charge is 0.384 e. The summed E-state index contributed by atoms with van der Waals surface area (Å²) in [6, 6.07) is 7.16. The molecule has 0 fully saturated rings. The van der Waals surface area contributed by atoms with E-state index in [1.165, 1.54) is 0 Å². The summed E-state index contributed by atoms with van der Waals surface area (Å²) in [4.78, 5) is 16.3. The molecule has 1 heterocycles. The molecule has 0 unspecified atom stereocenters. The third-order valence-electron chi connectivity index (χ3n) is 2.93. The molecular formula is C17H16N2O2. The summed E-state index contributed by atoms with van der Waals surface area (Å²) in [6.07, 6.45) is 3.33. The highest BCUT2D eigenvalue weighted by atomic mass is 16.2. The maximum absolute atomic E-state index is 12.2. The van der Waals surface area contributed by atoms with E-state index >= 15 is 0 Å². The quantitative estimate of drug-likeness (QED) is 0.830. The van der Waals surface area contributed by atoms with Crippen molar-refractivity contribution < 1.29 is 9.90 Å². The second-order valence-electron chi connectivity index (χ2n) is 4.69. The summed E-state index contributed by atoms with van der Waals surface area (Å²) < 4.78 is 0. The average molecular weight is 280 g/mol. The second-order valence-corrected chi connectivity index (χ2v) is 4.69. The summed E-state index contributed by atoms with van der Waals surface area (Å²) in [5.74, 6) is 5.22. The molecule has 2 rings (SSSR count). The van der Waals surface area contributed by atoms with Crippen LogP contribution in [-0.2, 0) is 0 Å². The summed E-state index contributed by atoms with van der Waals surface area (Å²) in [7, 11) is 0. The number of nitrogens with one attached hydrogen (secondary N) is 1. The number of aryl methyl sites for hydroxylation is 2. The highest BCUT2D eigenvalue weighted by Crippen LogP contribution is 2.13. The van der Waals surface area contributed by atoms with Gasteiger partial charge >= 0.3 is 0 Å². The maximum Gasteiger partial charge on any atom is 0.255 e. The molecular weight excluding hydrogens is 264 g/mol. The van der Waals surface area contributed by atoms with Gasteiger partial charge < -0.3 is 10.4 Å². The fourth-order valence-corrected chi connectivity index (χ4v) is 1.86. The third-order valence-corrected chi connectivity index (χ3v) is 2.93. The molecule has 2 aromatic rings. The van der Waals surface area contributed by atoms with Crippen LogP contribution < -0.4 is 5.32 Å². The first-order valence-corrected chi connectivity index (χ1v) is 6.53. The first-order chi connectivity index (χ1) is 10.1. The number of hydrogen-bond acceptors (Lipinski definition) is 3. The van der Waals surface area contributed by atoms with Crippen LogP contribution in [0.4, 0.5) is 5.69 Å². The van der Waals surface area contributed by atoms with Gasteiger partial charge in [-0.15, -0.1) is 0 Å². The molecule has 0 aliphatic heterocycles. The van der Waals surface area contributed by atoms with Crippen molar-refractivity contribution in [2.75, 3.05) is 11.9 Å². The maximum atomic E-state index is 12.2. The van der Waals surface area contributed by atoms with Crippen molar-refractivity contribution in [2.24, 2.45) is 0 Å². The Labute approximate surface area is 123 Å². The van der Waals surface area contributed by atoms with Crippen LogP contribution in [0.5, 0.6) is 0 Å². The summed E-state index contributed by atoms with van der Waals surface area (Å²) >= 11 is 0. The number of carbonyl (C=O) groups excluding carboxylic acids is 1. The molecule has 1 aromatic heterocycles. The molecule has 1 aromatic carbocycles. The van der Waals surface area contributed by atoms with E-state index in [0.29, 0.717) is 11.3 Å². The Balaban J connectivity index is 2.23. The number of nitrogens with zero attached hydrogens (tertiary/aromatic N) is 1. The molecule has 4 heteroatoms. The van der Waals surface area contributed by atoms with Gasteiger partial charge in [0.15, 0.2) is 0 Å². The summed E-state index contributed by atoms with van der Waals surface area (Å²) in [5.41, 5.74) is 3.85. The topological polar surface area (TPSA) is 62.2 Å². The van der Waals surface area contributed by atoms with Crippen LogP contribution in [0.2, 0.25) is 0 Å². The van der Waals surface area contributed by atoms with Gasteiger partial charge in [-0.25, -0.2) is 0 Å². The lowest BCUT2D eigenvalue weighted by Gasteiger charge is -2.07. The molecule has 0 spiro atoms. The molecule has 0 aliphatic carbocycles. The lowest BCUT2D eigenvalue weighted by atomic mass is 10.0. The van der Waals surface area contributed by atoms with Gasteiger partial charge in [-0.05, 0) is 43.2 Å². The minimum atomic E-state index is -0.213. The van der Waals surface area contributed by atoms with E-state index in [1.54, 1.807) is 24.5 Å². The number of rotatable bonds is 2. The van der Waals surface area contributed by atoms with Gasteiger partial charge in [-0.2, -0.15) is 0 Å². The Hall–Kier alpha value is -2.64. The third kappa shape index (κ3) is 3.91. The highest BCUT2D eigenvalue weighted by Gasteiger charge is 2.08. The van der Waals surface area contributed by atoms with Gasteiger partial charge in [-0.1, -0.05) is 17.9 Å². The van der Waals surface area contributed by atoms with Crippen molar-refractivity contribution in [1.82, 2.24) is 4.98 Å². The minimum Gasteiger partial charge on any atom is -0.384 e. The lowest BCUT2D eigenvalue weighted by molar-refractivity contribution is 0.102. The van der Waals surface area contributed by atoms with Gasteiger partial charge in [0.25, 0.3) is 5.91 Å². The van der Waals surface area contributed by atoms with Crippen LogP contribution >= 0.6 is 0 Å². The van der Waals surface area contributed by atoms with Crippen molar-refractivity contribution in [2.45, 2.75) is 13.8 Å². The van der Waals surface area contributed by atoms with Gasteiger partial charge in [-0.3, -0.25) is 9.78 Å². The van der Waals surface area contributed by atoms with Crippen molar-refractivity contribution in [1.29, 1.82) is 0 Å². The Morgan fingerprint density at radius 2 is 2.10 bits per heavy atom. The standard InChI is InChI=1S/C17H16N2O2/c1-12-8-16(11-18-10-12)19-17(21)15-6-5-13(2)14(9-15)4-3-7-20/h5-6,8-11,20H,7H2,1-2H3,(H,19,21). The van der Waals surface area contributed by atoms with E-state index in [0.717, 1.165) is 16.7 Å². The number of aliphatic hydroxyl groups is 1. The fourth-order valence-electron chi connectivity index (χ4n) is 1.86.